The predicted octanol–water partition coefficient (Wildman–Crippen LogP) is 1.37. The van der Waals surface area contributed by atoms with Gasteiger partial charge in [-0.1, -0.05) is 12.1 Å². The van der Waals surface area contributed by atoms with Gasteiger partial charge in [0, 0.05) is 26.3 Å². The van der Waals surface area contributed by atoms with Gasteiger partial charge >= 0.3 is 5.97 Å². The van der Waals surface area contributed by atoms with Crippen LogP contribution >= 0.6 is 0 Å². The highest BCUT2D eigenvalue weighted by Crippen LogP contribution is 2.19. The van der Waals surface area contributed by atoms with Gasteiger partial charge < -0.3 is 14.9 Å². The van der Waals surface area contributed by atoms with Crippen molar-refractivity contribution >= 4 is 17.6 Å². The van der Waals surface area contributed by atoms with Gasteiger partial charge in [0.1, 0.15) is 6.04 Å². The fourth-order valence-corrected chi connectivity index (χ4v) is 2.51. The van der Waals surface area contributed by atoms with E-state index in [9.17, 15) is 9.59 Å². The van der Waals surface area contributed by atoms with Crippen LogP contribution in [0.15, 0.2) is 24.3 Å². The number of anilines is 1. The lowest BCUT2D eigenvalue weighted by atomic mass is 10.1. The molecule has 0 spiro atoms. The maximum atomic E-state index is 12.2. The number of hydrogen-bond donors (Lipinski definition) is 1. The summed E-state index contributed by atoms with van der Waals surface area (Å²) in [4.78, 5) is 26.8. The summed E-state index contributed by atoms with van der Waals surface area (Å²) < 4.78 is 0. The van der Waals surface area contributed by atoms with Crippen LogP contribution < -0.4 is 4.90 Å². The lowest BCUT2D eigenvalue weighted by Gasteiger charge is -2.21. The zero-order chi connectivity index (χ0) is 14.7. The molecule has 0 unspecified atom stereocenters. The Morgan fingerprint density at radius 1 is 1.30 bits per heavy atom. The molecule has 1 heterocycles. The molecule has 1 aromatic rings. The second-order valence-electron chi connectivity index (χ2n) is 5.32. The van der Waals surface area contributed by atoms with Crippen molar-refractivity contribution < 1.29 is 14.7 Å². The molecule has 2 rings (SSSR count). The minimum absolute atomic E-state index is 0.104. The Kier molecular flexibility index (Phi) is 4.27. The molecule has 0 aromatic heterocycles. The van der Waals surface area contributed by atoms with Crippen molar-refractivity contribution in [2.24, 2.45) is 0 Å². The molecular formula is C15H20N2O3. The first-order chi connectivity index (χ1) is 9.49. The highest BCUT2D eigenvalue weighted by molar-refractivity contribution is 5.85. The molecule has 5 nitrogen and oxygen atoms in total. The van der Waals surface area contributed by atoms with Gasteiger partial charge in [0.25, 0.3) is 0 Å². The summed E-state index contributed by atoms with van der Waals surface area (Å²) in [6, 6.07) is 7.10. The van der Waals surface area contributed by atoms with E-state index in [4.69, 9.17) is 5.11 Å². The number of likely N-dealkylation sites (tertiary alicyclic amines) is 1. The number of amides is 1. The molecule has 1 N–H and O–H groups in total. The number of rotatable bonds is 4. The lowest BCUT2D eigenvalue weighted by Crippen LogP contribution is -2.41. The van der Waals surface area contributed by atoms with Crippen molar-refractivity contribution in [1.29, 1.82) is 0 Å². The van der Waals surface area contributed by atoms with Crippen molar-refractivity contribution in [1.82, 2.24) is 4.90 Å². The molecule has 1 fully saturated rings. The van der Waals surface area contributed by atoms with E-state index in [1.54, 1.807) is 0 Å². The first kappa shape index (κ1) is 14.4. The molecule has 1 amide bonds. The topological polar surface area (TPSA) is 60.9 Å². The van der Waals surface area contributed by atoms with Crippen molar-refractivity contribution in [2.45, 2.75) is 25.3 Å². The summed E-state index contributed by atoms with van der Waals surface area (Å²) in [5.41, 5.74) is 1.99. The SMILES string of the molecule is CN(C)c1ccc(CC(=O)N2CCC[C@@H]2C(=O)O)cc1. The van der Waals surface area contributed by atoms with Crippen LogP contribution in [0.25, 0.3) is 0 Å². The maximum Gasteiger partial charge on any atom is 0.326 e. The summed E-state index contributed by atoms with van der Waals surface area (Å²) in [7, 11) is 3.92. The standard InChI is InChI=1S/C15H20N2O3/c1-16(2)12-7-5-11(6-8-12)10-14(18)17-9-3-4-13(17)15(19)20/h5-8,13H,3-4,9-10H2,1-2H3,(H,19,20)/t13-/m1/s1. The summed E-state index contributed by atoms with van der Waals surface area (Å²) in [6.45, 7) is 0.547. The smallest absolute Gasteiger partial charge is 0.326 e. The molecule has 0 bridgehead atoms. The summed E-state index contributed by atoms with van der Waals surface area (Å²) in [5, 5.41) is 9.10. The van der Waals surface area contributed by atoms with Crippen molar-refractivity contribution in [2.75, 3.05) is 25.5 Å². The molecule has 108 valence electrons. The normalized spacial score (nSPS) is 18.1. The van der Waals surface area contributed by atoms with Gasteiger partial charge in [0.05, 0.1) is 6.42 Å². The van der Waals surface area contributed by atoms with Crippen molar-refractivity contribution in [3.8, 4) is 0 Å². The highest BCUT2D eigenvalue weighted by atomic mass is 16.4. The molecule has 1 saturated heterocycles. The number of hydrogen-bond acceptors (Lipinski definition) is 3. The molecule has 0 radical (unpaired) electrons. The number of carbonyl (C=O) groups excluding carboxylic acids is 1. The van der Waals surface area contributed by atoms with Gasteiger partial charge in [-0.15, -0.1) is 0 Å². The molecule has 1 aliphatic rings. The van der Waals surface area contributed by atoms with Gasteiger partial charge in [-0.3, -0.25) is 4.79 Å². The zero-order valence-electron chi connectivity index (χ0n) is 11.9. The zero-order valence-corrected chi connectivity index (χ0v) is 11.9. The highest BCUT2D eigenvalue weighted by Gasteiger charge is 2.33. The summed E-state index contributed by atoms with van der Waals surface area (Å²) >= 11 is 0. The Morgan fingerprint density at radius 2 is 1.95 bits per heavy atom. The number of nitrogens with zero attached hydrogens (tertiary/aromatic N) is 2. The van der Waals surface area contributed by atoms with Crippen molar-refractivity contribution in [3.63, 3.8) is 0 Å². The third-order valence-electron chi connectivity index (χ3n) is 3.67. The minimum Gasteiger partial charge on any atom is -0.480 e. The number of carboxylic acids is 1. The third kappa shape index (κ3) is 3.10. The fraction of sp³-hybridized carbons (Fsp3) is 0.467. The van der Waals surface area contributed by atoms with Crippen LogP contribution in [0.3, 0.4) is 0 Å². The van der Waals surface area contributed by atoms with Crippen LogP contribution in [0.2, 0.25) is 0 Å². The average Bonchev–Trinajstić information content (AvgIpc) is 2.88. The first-order valence-electron chi connectivity index (χ1n) is 6.77. The van der Waals surface area contributed by atoms with Crippen LogP contribution in [0.5, 0.6) is 0 Å². The van der Waals surface area contributed by atoms with Gasteiger partial charge in [0.2, 0.25) is 5.91 Å². The number of carbonyl (C=O) groups is 2. The Balaban J connectivity index is 2.02. The Labute approximate surface area is 118 Å². The molecule has 0 saturated carbocycles. The average molecular weight is 276 g/mol. The maximum absolute atomic E-state index is 12.2. The van der Waals surface area contributed by atoms with E-state index < -0.39 is 12.0 Å². The van der Waals surface area contributed by atoms with Gasteiger partial charge in [-0.2, -0.15) is 0 Å². The van der Waals surface area contributed by atoms with Crippen LogP contribution in [0.1, 0.15) is 18.4 Å². The van der Waals surface area contributed by atoms with Crippen LogP contribution in [0, 0.1) is 0 Å². The van der Waals surface area contributed by atoms with E-state index >= 15 is 0 Å². The molecular weight excluding hydrogens is 256 g/mol. The van der Waals surface area contributed by atoms with Crippen LogP contribution in [-0.2, 0) is 16.0 Å². The first-order valence-corrected chi connectivity index (χ1v) is 6.77. The second kappa shape index (κ2) is 5.94. The van der Waals surface area contributed by atoms with Crippen LogP contribution in [0.4, 0.5) is 5.69 Å². The van der Waals surface area contributed by atoms with E-state index in [1.807, 2.05) is 43.3 Å². The number of carboxylic acid groups (broad SMARTS) is 1. The molecule has 5 heteroatoms. The number of aliphatic carboxylic acids is 1. The van der Waals surface area contributed by atoms with E-state index in [1.165, 1.54) is 4.90 Å². The molecule has 1 aromatic carbocycles. The molecule has 20 heavy (non-hydrogen) atoms. The van der Waals surface area contributed by atoms with Gasteiger partial charge in [0.15, 0.2) is 0 Å². The Morgan fingerprint density at radius 3 is 2.50 bits per heavy atom. The van der Waals surface area contributed by atoms with E-state index in [0.717, 1.165) is 17.7 Å². The largest absolute Gasteiger partial charge is 0.480 e. The minimum atomic E-state index is -0.904. The predicted molar refractivity (Wildman–Crippen MR) is 76.8 cm³/mol. The van der Waals surface area contributed by atoms with E-state index in [0.29, 0.717) is 13.0 Å². The Hall–Kier alpha value is -2.04. The monoisotopic (exact) mass is 276 g/mol. The lowest BCUT2D eigenvalue weighted by molar-refractivity contribution is -0.148. The van der Waals surface area contributed by atoms with Gasteiger partial charge in [-0.25, -0.2) is 4.79 Å². The quantitative estimate of drug-likeness (QED) is 0.902. The Bertz CT molecular complexity index is 496. The van der Waals surface area contributed by atoms with Crippen LogP contribution in [-0.4, -0.2) is 48.6 Å². The number of benzene rings is 1. The molecule has 1 aliphatic heterocycles. The van der Waals surface area contributed by atoms with E-state index in [-0.39, 0.29) is 12.3 Å². The fourth-order valence-electron chi connectivity index (χ4n) is 2.51. The van der Waals surface area contributed by atoms with E-state index in [2.05, 4.69) is 0 Å². The summed E-state index contributed by atoms with van der Waals surface area (Å²) in [5.74, 6) is -1.01. The molecule has 1 atom stereocenters. The van der Waals surface area contributed by atoms with Gasteiger partial charge in [-0.05, 0) is 30.5 Å². The summed E-state index contributed by atoms with van der Waals surface area (Å²) in [6.07, 6.45) is 1.58. The third-order valence-corrected chi connectivity index (χ3v) is 3.67. The molecule has 0 aliphatic carbocycles. The van der Waals surface area contributed by atoms with Crippen molar-refractivity contribution in [3.05, 3.63) is 29.8 Å². The second-order valence-corrected chi connectivity index (χ2v) is 5.32.